The van der Waals surface area contributed by atoms with E-state index in [1.54, 1.807) is 4.57 Å². The minimum Gasteiger partial charge on any atom is -0.418 e. The zero-order chi connectivity index (χ0) is 20.5. The second-order valence-electron chi connectivity index (χ2n) is 5.94. The van der Waals surface area contributed by atoms with Gasteiger partial charge in [0.1, 0.15) is 11.3 Å². The Morgan fingerprint density at radius 1 is 1.10 bits per heavy atom. The second-order valence-corrected chi connectivity index (χ2v) is 6.35. The average Bonchev–Trinajstić information content (AvgIpc) is 3.04. The van der Waals surface area contributed by atoms with Gasteiger partial charge in [-0.1, -0.05) is 17.7 Å². The van der Waals surface area contributed by atoms with Crippen molar-refractivity contribution in [3.8, 4) is 11.8 Å². The highest BCUT2D eigenvalue weighted by Crippen LogP contribution is 2.29. The van der Waals surface area contributed by atoms with Gasteiger partial charge in [0.25, 0.3) is 0 Å². The summed E-state index contributed by atoms with van der Waals surface area (Å²) in [4.78, 5) is 12.5. The maximum absolute atomic E-state index is 13.8. The molecule has 0 saturated carbocycles. The Balaban J connectivity index is 1.73. The number of ether oxygens (including phenoxy) is 1. The lowest BCUT2D eigenvalue weighted by atomic mass is 10.3. The molecule has 10 heteroatoms. The molecule has 6 nitrogen and oxygen atoms in total. The second kappa shape index (κ2) is 7.59. The predicted octanol–water partition coefficient (Wildman–Crippen LogP) is 5.45. The normalized spacial score (nSPS) is 11.1. The quantitative estimate of drug-likeness (QED) is 0.466. The Labute approximate surface area is 167 Å². The van der Waals surface area contributed by atoms with E-state index in [2.05, 4.69) is 20.3 Å². The number of benzene rings is 2. The van der Waals surface area contributed by atoms with Crippen LogP contribution in [0.5, 0.6) is 11.8 Å². The summed E-state index contributed by atoms with van der Waals surface area (Å²) in [5, 5.41) is 3.27. The molecule has 0 spiro atoms. The number of halogens is 4. The van der Waals surface area contributed by atoms with Crippen LogP contribution in [0.25, 0.3) is 11.2 Å². The lowest BCUT2D eigenvalue weighted by Gasteiger charge is -2.10. The van der Waals surface area contributed by atoms with Crippen LogP contribution in [0.4, 0.5) is 24.8 Å². The number of fused-ring (bicyclic) bond motifs is 1. The van der Waals surface area contributed by atoms with Gasteiger partial charge in [0.05, 0.1) is 16.9 Å². The molecule has 0 bridgehead atoms. The standard InChI is InChI=1S/C19H13ClF3N5O/c1-2-28-17-15(26-18(28)25-14-8-10(21)6-7-11(14)20)9-24-19(27-17)29-16-12(22)4-3-5-13(16)23/h3-9H,2H2,1H3,(H,25,26). The van der Waals surface area contributed by atoms with Crippen LogP contribution in [0.1, 0.15) is 6.92 Å². The summed E-state index contributed by atoms with van der Waals surface area (Å²) in [5.41, 5.74) is 1.10. The van der Waals surface area contributed by atoms with E-state index in [-0.39, 0.29) is 6.01 Å². The molecule has 0 aliphatic heterocycles. The molecular weight excluding hydrogens is 407 g/mol. The van der Waals surface area contributed by atoms with Gasteiger partial charge in [-0.25, -0.2) is 23.1 Å². The SMILES string of the molecule is CCn1c(Nc2cc(F)ccc2Cl)nc2cnc(Oc3c(F)cccc3F)nc21. The zero-order valence-corrected chi connectivity index (χ0v) is 15.7. The van der Waals surface area contributed by atoms with Crippen LogP contribution < -0.4 is 10.1 Å². The lowest BCUT2D eigenvalue weighted by Crippen LogP contribution is -2.04. The number of nitrogens with one attached hydrogen (secondary N) is 1. The van der Waals surface area contributed by atoms with Gasteiger partial charge in [0.15, 0.2) is 17.3 Å². The monoisotopic (exact) mass is 419 g/mol. The third kappa shape index (κ3) is 3.68. The third-order valence-corrected chi connectivity index (χ3v) is 4.40. The molecule has 0 fully saturated rings. The van der Waals surface area contributed by atoms with Gasteiger partial charge >= 0.3 is 6.01 Å². The molecular formula is C19H13ClF3N5O. The highest BCUT2D eigenvalue weighted by Gasteiger charge is 2.17. The molecule has 0 unspecified atom stereocenters. The largest absolute Gasteiger partial charge is 0.418 e. The van der Waals surface area contributed by atoms with Crippen molar-refractivity contribution in [2.24, 2.45) is 0 Å². The Morgan fingerprint density at radius 3 is 2.59 bits per heavy atom. The number of anilines is 2. The van der Waals surface area contributed by atoms with Crippen molar-refractivity contribution in [3.63, 3.8) is 0 Å². The van der Waals surface area contributed by atoms with Crippen LogP contribution in [0.2, 0.25) is 5.02 Å². The summed E-state index contributed by atoms with van der Waals surface area (Å²) < 4.78 is 48.1. The Bertz CT molecular complexity index is 1190. The summed E-state index contributed by atoms with van der Waals surface area (Å²) in [6.45, 7) is 2.29. The third-order valence-electron chi connectivity index (χ3n) is 4.07. The molecule has 4 rings (SSSR count). The summed E-state index contributed by atoms with van der Waals surface area (Å²) >= 11 is 6.10. The van der Waals surface area contributed by atoms with E-state index in [1.165, 1.54) is 30.5 Å². The molecule has 0 atom stereocenters. The van der Waals surface area contributed by atoms with Gasteiger partial charge in [-0.05, 0) is 37.3 Å². The van der Waals surface area contributed by atoms with E-state index in [1.807, 2.05) is 6.92 Å². The van der Waals surface area contributed by atoms with Gasteiger partial charge in [0, 0.05) is 6.54 Å². The summed E-state index contributed by atoms with van der Waals surface area (Å²) in [5.74, 6) is -2.46. The van der Waals surface area contributed by atoms with Crippen LogP contribution in [-0.2, 0) is 6.54 Å². The summed E-state index contributed by atoms with van der Waals surface area (Å²) in [6.07, 6.45) is 1.36. The van der Waals surface area contributed by atoms with Crippen molar-refractivity contribution in [3.05, 3.63) is 65.1 Å². The molecule has 0 amide bonds. The van der Waals surface area contributed by atoms with Gasteiger partial charge in [-0.3, -0.25) is 4.57 Å². The number of para-hydroxylation sites is 1. The van der Waals surface area contributed by atoms with Gasteiger partial charge < -0.3 is 10.1 Å². The number of hydrogen-bond donors (Lipinski definition) is 1. The maximum atomic E-state index is 13.8. The van der Waals surface area contributed by atoms with Crippen molar-refractivity contribution < 1.29 is 17.9 Å². The van der Waals surface area contributed by atoms with Crippen molar-refractivity contribution in [1.29, 1.82) is 0 Å². The Hall–Kier alpha value is -3.33. The summed E-state index contributed by atoms with van der Waals surface area (Å²) in [7, 11) is 0. The predicted molar refractivity (Wildman–Crippen MR) is 102 cm³/mol. The van der Waals surface area contributed by atoms with Crippen molar-refractivity contribution in [1.82, 2.24) is 19.5 Å². The maximum Gasteiger partial charge on any atom is 0.324 e. The first kappa shape index (κ1) is 19.0. The van der Waals surface area contributed by atoms with Crippen molar-refractivity contribution in [2.45, 2.75) is 13.5 Å². The molecule has 2 aromatic heterocycles. The van der Waals surface area contributed by atoms with Crippen LogP contribution in [-0.4, -0.2) is 19.5 Å². The highest BCUT2D eigenvalue weighted by molar-refractivity contribution is 6.33. The number of aryl methyl sites for hydroxylation is 1. The Morgan fingerprint density at radius 2 is 1.86 bits per heavy atom. The van der Waals surface area contributed by atoms with E-state index in [0.717, 1.165) is 12.1 Å². The molecule has 4 aromatic rings. The fraction of sp³-hybridized carbons (Fsp3) is 0.105. The number of hydrogen-bond acceptors (Lipinski definition) is 5. The number of rotatable bonds is 5. The zero-order valence-electron chi connectivity index (χ0n) is 15.0. The van der Waals surface area contributed by atoms with Crippen LogP contribution in [0, 0.1) is 17.5 Å². The molecule has 2 aromatic carbocycles. The molecule has 0 radical (unpaired) electrons. The molecule has 1 N–H and O–H groups in total. The molecule has 29 heavy (non-hydrogen) atoms. The summed E-state index contributed by atoms with van der Waals surface area (Å²) in [6, 6.07) is 7.02. The first-order chi connectivity index (χ1) is 14.0. The molecule has 0 aliphatic rings. The molecule has 148 valence electrons. The minimum absolute atomic E-state index is 0.244. The number of aromatic nitrogens is 4. The first-order valence-corrected chi connectivity index (χ1v) is 8.91. The fourth-order valence-corrected chi connectivity index (χ4v) is 2.90. The number of nitrogens with zero attached hydrogens (tertiary/aromatic N) is 4. The molecule has 0 saturated heterocycles. The van der Waals surface area contributed by atoms with Gasteiger partial charge in [-0.2, -0.15) is 4.98 Å². The molecule has 0 aliphatic carbocycles. The van der Waals surface area contributed by atoms with Gasteiger partial charge in [0.2, 0.25) is 11.7 Å². The average molecular weight is 420 g/mol. The van der Waals surface area contributed by atoms with Crippen LogP contribution in [0.15, 0.2) is 42.6 Å². The van der Waals surface area contributed by atoms with Crippen molar-refractivity contribution >= 4 is 34.4 Å². The smallest absolute Gasteiger partial charge is 0.324 e. The Kier molecular flexibility index (Phi) is 4.98. The lowest BCUT2D eigenvalue weighted by molar-refractivity contribution is 0.383. The highest BCUT2D eigenvalue weighted by atomic mass is 35.5. The minimum atomic E-state index is -0.874. The molecule has 2 heterocycles. The van der Waals surface area contributed by atoms with Crippen molar-refractivity contribution in [2.75, 3.05) is 5.32 Å². The van der Waals surface area contributed by atoms with E-state index >= 15 is 0 Å². The number of imidazole rings is 1. The fourth-order valence-electron chi connectivity index (χ4n) is 2.73. The van der Waals surface area contributed by atoms with Crippen LogP contribution >= 0.6 is 11.6 Å². The van der Waals surface area contributed by atoms with Crippen LogP contribution in [0.3, 0.4) is 0 Å². The van der Waals surface area contributed by atoms with E-state index in [4.69, 9.17) is 16.3 Å². The topological polar surface area (TPSA) is 64.9 Å². The van der Waals surface area contributed by atoms with E-state index in [9.17, 15) is 13.2 Å². The van der Waals surface area contributed by atoms with Gasteiger partial charge in [-0.15, -0.1) is 0 Å². The van der Waals surface area contributed by atoms with E-state index in [0.29, 0.717) is 34.4 Å². The first-order valence-electron chi connectivity index (χ1n) is 8.53. The van der Waals surface area contributed by atoms with E-state index < -0.39 is 23.2 Å².